The average molecular weight is 481 g/mol. The molecule has 1 saturated carbocycles. The van der Waals surface area contributed by atoms with Crippen molar-refractivity contribution in [1.29, 1.82) is 0 Å². The summed E-state index contributed by atoms with van der Waals surface area (Å²) < 4.78 is 32.7. The first kappa shape index (κ1) is 22.1. The third-order valence-electron chi connectivity index (χ3n) is 7.46. The van der Waals surface area contributed by atoms with E-state index in [0.29, 0.717) is 37.7 Å². The molecule has 0 radical (unpaired) electrons. The zero-order chi connectivity index (χ0) is 24.3. The van der Waals surface area contributed by atoms with Gasteiger partial charge in [-0.3, -0.25) is 0 Å². The highest BCUT2D eigenvalue weighted by Gasteiger charge is 2.36. The lowest BCUT2D eigenvalue weighted by molar-refractivity contribution is 0.152. The molecule has 0 saturated heterocycles. The summed E-state index contributed by atoms with van der Waals surface area (Å²) in [5, 5.41) is 2.72. The molecular formula is C26H30F2N6O. The Morgan fingerprint density at radius 1 is 1.20 bits per heavy atom. The van der Waals surface area contributed by atoms with E-state index in [2.05, 4.69) is 14.8 Å². The summed E-state index contributed by atoms with van der Waals surface area (Å²) in [6, 6.07) is 5.39. The Hall–Kier alpha value is -3.36. The van der Waals surface area contributed by atoms with Crippen molar-refractivity contribution in [2.75, 3.05) is 25.0 Å². The van der Waals surface area contributed by atoms with E-state index in [1.54, 1.807) is 18.0 Å². The van der Waals surface area contributed by atoms with Crippen LogP contribution in [0.25, 0.3) is 11.1 Å². The smallest absolute Gasteiger partial charge is 0.317 e. The molecule has 3 aliphatic rings. The number of hydrogen-bond acceptors (Lipinski definition) is 3. The van der Waals surface area contributed by atoms with Crippen molar-refractivity contribution in [2.24, 2.45) is 7.05 Å². The highest BCUT2D eigenvalue weighted by molar-refractivity contribution is 5.78. The summed E-state index contributed by atoms with van der Waals surface area (Å²) in [7, 11) is 3.54. The van der Waals surface area contributed by atoms with Gasteiger partial charge >= 0.3 is 6.03 Å². The van der Waals surface area contributed by atoms with Crippen LogP contribution in [-0.4, -0.2) is 45.2 Å². The van der Waals surface area contributed by atoms with Gasteiger partial charge < -0.3 is 24.3 Å². The van der Waals surface area contributed by atoms with E-state index in [1.165, 1.54) is 0 Å². The van der Waals surface area contributed by atoms with Gasteiger partial charge in [-0.25, -0.2) is 18.6 Å². The minimum Gasteiger partial charge on any atom is -0.357 e. The van der Waals surface area contributed by atoms with Crippen LogP contribution < -0.4 is 10.2 Å². The first-order valence-electron chi connectivity index (χ1n) is 12.4. The predicted molar refractivity (Wildman–Crippen MR) is 130 cm³/mol. The molecule has 2 aliphatic heterocycles. The molecule has 0 unspecified atom stereocenters. The van der Waals surface area contributed by atoms with Gasteiger partial charge in [0.25, 0.3) is 6.43 Å². The Kier molecular flexibility index (Phi) is 5.30. The van der Waals surface area contributed by atoms with Gasteiger partial charge in [-0.2, -0.15) is 0 Å². The lowest BCUT2D eigenvalue weighted by Gasteiger charge is -2.34. The van der Waals surface area contributed by atoms with E-state index in [-0.39, 0.29) is 11.6 Å². The van der Waals surface area contributed by atoms with Gasteiger partial charge in [-0.05, 0) is 60.6 Å². The van der Waals surface area contributed by atoms with Gasteiger partial charge in [0, 0.05) is 63.3 Å². The topological polar surface area (TPSA) is 58.3 Å². The number of aromatic nitrogens is 3. The summed E-state index contributed by atoms with van der Waals surface area (Å²) >= 11 is 0. The summed E-state index contributed by atoms with van der Waals surface area (Å²) in [4.78, 5) is 21.4. The van der Waals surface area contributed by atoms with Gasteiger partial charge in [0.2, 0.25) is 0 Å². The zero-order valence-corrected chi connectivity index (χ0v) is 20.1. The standard InChI is InChI=1S/C26H30F2N6O/c1-29-26(35)32-10-11-34-22(15-32)25(30-24(34)16-5-6-16)33-8-3-4-17-12-19(18-7-9-31(2)14-18)20(23(27)28)13-21(17)33/h7,9,12-14,16,23H,3-6,8,10-11,15H2,1-2H3,(H,29,35). The van der Waals surface area contributed by atoms with E-state index >= 15 is 0 Å². The van der Waals surface area contributed by atoms with Crippen molar-refractivity contribution in [3.05, 3.63) is 53.2 Å². The van der Waals surface area contributed by atoms with Crippen LogP contribution in [0.5, 0.6) is 0 Å². The van der Waals surface area contributed by atoms with E-state index < -0.39 is 6.43 Å². The molecule has 3 aromatic rings. The number of halogens is 2. The minimum atomic E-state index is -2.58. The minimum absolute atomic E-state index is 0.0457. The normalized spacial score (nSPS) is 17.5. The van der Waals surface area contributed by atoms with Gasteiger partial charge in [-0.15, -0.1) is 0 Å². The third-order valence-corrected chi connectivity index (χ3v) is 7.46. The second-order valence-electron chi connectivity index (χ2n) is 9.83. The number of imidazole rings is 1. The maximum absolute atomic E-state index is 14.3. The number of benzene rings is 1. The lowest BCUT2D eigenvalue weighted by Crippen LogP contribution is -2.43. The molecule has 7 nitrogen and oxygen atoms in total. The molecule has 9 heteroatoms. The number of urea groups is 1. The fraction of sp³-hybridized carbons (Fsp3) is 0.462. The number of anilines is 2. The number of fused-ring (bicyclic) bond motifs is 2. The second kappa shape index (κ2) is 8.39. The van der Waals surface area contributed by atoms with Crippen molar-refractivity contribution < 1.29 is 13.6 Å². The van der Waals surface area contributed by atoms with Crippen LogP contribution in [0.2, 0.25) is 0 Å². The van der Waals surface area contributed by atoms with Crippen LogP contribution in [0.4, 0.5) is 25.1 Å². The zero-order valence-electron chi connectivity index (χ0n) is 20.1. The molecule has 1 aliphatic carbocycles. The van der Waals surface area contributed by atoms with Crippen LogP contribution >= 0.6 is 0 Å². The monoisotopic (exact) mass is 480 g/mol. The van der Waals surface area contributed by atoms with E-state index in [1.807, 2.05) is 36.1 Å². The van der Waals surface area contributed by atoms with Gasteiger partial charge in [-0.1, -0.05) is 0 Å². The van der Waals surface area contributed by atoms with Crippen LogP contribution in [0.3, 0.4) is 0 Å². The number of nitrogens with zero attached hydrogens (tertiary/aromatic N) is 5. The van der Waals surface area contributed by atoms with Crippen molar-refractivity contribution in [1.82, 2.24) is 24.3 Å². The molecule has 6 rings (SSSR count). The molecule has 4 heterocycles. The van der Waals surface area contributed by atoms with Gasteiger partial charge in [0.05, 0.1) is 12.2 Å². The number of aryl methyl sites for hydroxylation is 2. The summed E-state index contributed by atoms with van der Waals surface area (Å²) in [5.41, 5.74) is 4.32. The highest BCUT2D eigenvalue weighted by atomic mass is 19.3. The van der Waals surface area contributed by atoms with Crippen LogP contribution in [-0.2, 0) is 26.6 Å². The molecule has 1 N–H and O–H groups in total. The molecule has 2 aromatic heterocycles. The van der Waals surface area contributed by atoms with Crippen molar-refractivity contribution >= 4 is 17.5 Å². The Balaban J connectivity index is 1.46. The Morgan fingerprint density at radius 2 is 2.03 bits per heavy atom. The first-order chi connectivity index (χ1) is 16.9. The summed E-state index contributed by atoms with van der Waals surface area (Å²) in [6.45, 7) is 2.52. The SMILES string of the molecule is CNC(=O)N1CCn2c(C3CC3)nc(N3CCCc4cc(-c5ccn(C)c5)c(C(F)F)cc43)c2C1. The number of alkyl halides is 2. The van der Waals surface area contributed by atoms with Crippen molar-refractivity contribution in [2.45, 2.75) is 51.1 Å². The Labute approximate surface area is 203 Å². The van der Waals surface area contributed by atoms with Gasteiger partial charge in [0.15, 0.2) is 5.82 Å². The average Bonchev–Trinajstić information content (AvgIpc) is 3.51. The Bertz CT molecular complexity index is 1290. The predicted octanol–water partition coefficient (Wildman–Crippen LogP) is 4.94. The molecule has 0 atom stereocenters. The summed E-state index contributed by atoms with van der Waals surface area (Å²) in [5.74, 6) is 2.35. The fourth-order valence-electron chi connectivity index (χ4n) is 5.54. The second-order valence-corrected chi connectivity index (χ2v) is 9.83. The van der Waals surface area contributed by atoms with Crippen LogP contribution in [0.1, 0.15) is 54.3 Å². The van der Waals surface area contributed by atoms with E-state index in [9.17, 15) is 13.6 Å². The van der Waals surface area contributed by atoms with Crippen molar-refractivity contribution in [3.63, 3.8) is 0 Å². The number of hydrogen-bond donors (Lipinski definition) is 1. The molecule has 35 heavy (non-hydrogen) atoms. The first-order valence-corrected chi connectivity index (χ1v) is 12.4. The number of carbonyl (C=O) groups excluding carboxylic acids is 1. The maximum atomic E-state index is 14.3. The molecule has 0 spiro atoms. The molecule has 184 valence electrons. The number of carbonyl (C=O) groups is 1. The molecule has 2 amide bonds. The number of rotatable bonds is 4. The molecular weight excluding hydrogens is 450 g/mol. The Morgan fingerprint density at radius 3 is 2.71 bits per heavy atom. The molecule has 1 aromatic carbocycles. The largest absolute Gasteiger partial charge is 0.357 e. The van der Waals surface area contributed by atoms with Crippen molar-refractivity contribution in [3.8, 4) is 11.1 Å². The van der Waals surface area contributed by atoms with E-state index in [0.717, 1.165) is 59.8 Å². The third kappa shape index (κ3) is 3.77. The molecule has 0 bridgehead atoms. The van der Waals surface area contributed by atoms with E-state index in [4.69, 9.17) is 4.98 Å². The quantitative estimate of drug-likeness (QED) is 0.575. The fourth-order valence-corrected chi connectivity index (χ4v) is 5.54. The highest BCUT2D eigenvalue weighted by Crippen LogP contribution is 2.46. The summed E-state index contributed by atoms with van der Waals surface area (Å²) in [6.07, 6.45) is 5.19. The number of nitrogens with one attached hydrogen (secondary N) is 1. The number of amides is 2. The van der Waals surface area contributed by atoms with Gasteiger partial charge in [0.1, 0.15) is 5.82 Å². The maximum Gasteiger partial charge on any atom is 0.317 e. The van der Waals surface area contributed by atoms with Crippen LogP contribution in [0, 0.1) is 0 Å². The van der Waals surface area contributed by atoms with Crippen LogP contribution in [0.15, 0.2) is 30.6 Å². The molecule has 1 fully saturated rings. The lowest BCUT2D eigenvalue weighted by atomic mass is 9.93.